The normalized spacial score (nSPS) is 11.6. The third kappa shape index (κ3) is 4.74. The number of aromatic nitrogens is 2. The molecule has 0 saturated carbocycles. The lowest BCUT2D eigenvalue weighted by Crippen LogP contribution is -2.31. The number of hydrogen-bond acceptors (Lipinski definition) is 6. The number of carboxylic acids is 1. The van der Waals surface area contributed by atoms with Gasteiger partial charge in [0.2, 0.25) is 5.88 Å². The Hall–Kier alpha value is -4.08. The summed E-state index contributed by atoms with van der Waals surface area (Å²) in [5.41, 5.74) is 0.429. The van der Waals surface area contributed by atoms with Crippen LogP contribution in [0.25, 0.3) is 5.69 Å². The molecule has 2 aromatic carbocycles. The van der Waals surface area contributed by atoms with Crippen LogP contribution in [-0.4, -0.2) is 46.1 Å². The van der Waals surface area contributed by atoms with Crippen molar-refractivity contribution in [1.29, 1.82) is 0 Å². The van der Waals surface area contributed by atoms with Gasteiger partial charge in [-0.25, -0.2) is 9.07 Å². The van der Waals surface area contributed by atoms with Crippen LogP contribution in [0.3, 0.4) is 0 Å². The van der Waals surface area contributed by atoms with Gasteiger partial charge in [-0.05, 0) is 24.3 Å². The molecule has 0 aliphatic rings. The van der Waals surface area contributed by atoms with Gasteiger partial charge in [0.15, 0.2) is 17.2 Å². The Balaban J connectivity index is 1.92. The van der Waals surface area contributed by atoms with Crippen LogP contribution in [0.15, 0.2) is 48.5 Å². The largest absolute Gasteiger partial charge is 0.493 e. The van der Waals surface area contributed by atoms with Crippen molar-refractivity contribution in [2.75, 3.05) is 14.2 Å². The Morgan fingerprint density at radius 3 is 2.55 bits per heavy atom. The van der Waals surface area contributed by atoms with Crippen molar-refractivity contribution in [1.82, 2.24) is 15.1 Å². The van der Waals surface area contributed by atoms with Crippen LogP contribution in [0.1, 0.15) is 28.5 Å². The highest BCUT2D eigenvalue weighted by Gasteiger charge is 2.25. The molecule has 1 atom stereocenters. The topological polar surface area (TPSA) is 123 Å². The summed E-state index contributed by atoms with van der Waals surface area (Å²) >= 11 is 0. The first kappa shape index (κ1) is 21.6. The number of carboxylic acid groups (broad SMARTS) is 1. The third-order valence-electron chi connectivity index (χ3n) is 4.47. The highest BCUT2D eigenvalue weighted by molar-refractivity contribution is 5.93. The Kier molecular flexibility index (Phi) is 6.39. The van der Waals surface area contributed by atoms with E-state index < -0.39 is 30.2 Å². The molecular formula is C21H20FN3O6. The van der Waals surface area contributed by atoms with Gasteiger partial charge in [0.05, 0.1) is 32.4 Å². The summed E-state index contributed by atoms with van der Waals surface area (Å²) in [6.45, 7) is 0. The molecule has 1 amide bonds. The second-order valence-corrected chi connectivity index (χ2v) is 6.49. The lowest BCUT2D eigenvalue weighted by molar-refractivity contribution is -0.137. The van der Waals surface area contributed by atoms with E-state index in [2.05, 4.69) is 10.4 Å². The molecule has 0 radical (unpaired) electrons. The molecule has 1 aromatic heterocycles. The second kappa shape index (κ2) is 9.16. The van der Waals surface area contributed by atoms with E-state index in [0.29, 0.717) is 11.3 Å². The summed E-state index contributed by atoms with van der Waals surface area (Å²) in [4.78, 5) is 24.2. The standard InChI is InChI=1S/C21H20FN3O6/c1-30-17-8-4-7-14(20(17)31-2)15(11-19(27)28)23-21(29)16-10-18(26)25(24-16)13-6-3-5-12(22)9-13/h3-10,15,26H,11H2,1-2H3,(H,23,29)(H,27,28)/t15-/m0/s1. The van der Waals surface area contributed by atoms with Crippen molar-refractivity contribution < 1.29 is 33.7 Å². The minimum atomic E-state index is -1.15. The maximum atomic E-state index is 13.5. The molecule has 3 rings (SSSR count). The average Bonchev–Trinajstić information content (AvgIpc) is 3.14. The minimum absolute atomic E-state index is 0.181. The quantitative estimate of drug-likeness (QED) is 0.503. The number of hydrogen-bond donors (Lipinski definition) is 3. The highest BCUT2D eigenvalue weighted by Crippen LogP contribution is 2.36. The zero-order chi connectivity index (χ0) is 22.5. The molecule has 0 aliphatic heterocycles. The number of para-hydroxylation sites is 1. The molecular weight excluding hydrogens is 409 g/mol. The van der Waals surface area contributed by atoms with Crippen molar-refractivity contribution in [2.45, 2.75) is 12.5 Å². The van der Waals surface area contributed by atoms with Crippen LogP contribution in [-0.2, 0) is 4.79 Å². The van der Waals surface area contributed by atoms with E-state index in [9.17, 15) is 24.2 Å². The van der Waals surface area contributed by atoms with E-state index in [-0.39, 0.29) is 23.0 Å². The fraction of sp³-hybridized carbons (Fsp3) is 0.190. The van der Waals surface area contributed by atoms with E-state index in [1.54, 1.807) is 18.2 Å². The first-order valence-corrected chi connectivity index (χ1v) is 9.12. The van der Waals surface area contributed by atoms with Gasteiger partial charge < -0.3 is 25.0 Å². The van der Waals surface area contributed by atoms with E-state index >= 15 is 0 Å². The van der Waals surface area contributed by atoms with E-state index in [4.69, 9.17) is 9.47 Å². The van der Waals surface area contributed by atoms with Gasteiger partial charge >= 0.3 is 5.97 Å². The molecule has 31 heavy (non-hydrogen) atoms. The fourth-order valence-corrected chi connectivity index (χ4v) is 3.11. The van der Waals surface area contributed by atoms with Gasteiger partial charge in [0, 0.05) is 11.6 Å². The number of benzene rings is 2. The number of amides is 1. The molecule has 0 aliphatic carbocycles. The molecule has 0 saturated heterocycles. The fourth-order valence-electron chi connectivity index (χ4n) is 3.11. The summed E-state index contributed by atoms with van der Waals surface area (Å²) in [5, 5.41) is 26.1. The average molecular weight is 429 g/mol. The van der Waals surface area contributed by atoms with Gasteiger partial charge in [0.1, 0.15) is 5.82 Å². The molecule has 10 heteroatoms. The van der Waals surface area contributed by atoms with Gasteiger partial charge in [-0.15, -0.1) is 0 Å². The molecule has 9 nitrogen and oxygen atoms in total. The third-order valence-corrected chi connectivity index (χ3v) is 4.47. The van der Waals surface area contributed by atoms with E-state index in [1.165, 1.54) is 32.4 Å². The van der Waals surface area contributed by atoms with Crippen LogP contribution in [0.5, 0.6) is 17.4 Å². The summed E-state index contributed by atoms with van der Waals surface area (Å²) in [6, 6.07) is 10.3. The Bertz CT molecular complexity index is 1110. The molecule has 3 N–H and O–H groups in total. The van der Waals surface area contributed by atoms with Gasteiger partial charge in [-0.3, -0.25) is 9.59 Å². The number of carbonyl (C=O) groups is 2. The monoisotopic (exact) mass is 429 g/mol. The minimum Gasteiger partial charge on any atom is -0.493 e. The van der Waals surface area contributed by atoms with E-state index in [1.807, 2.05) is 0 Å². The predicted molar refractivity (Wildman–Crippen MR) is 107 cm³/mol. The number of ether oxygens (including phenoxy) is 2. The lowest BCUT2D eigenvalue weighted by atomic mass is 10.0. The van der Waals surface area contributed by atoms with Crippen molar-refractivity contribution in [3.05, 3.63) is 65.6 Å². The number of methoxy groups -OCH3 is 2. The zero-order valence-corrected chi connectivity index (χ0v) is 16.7. The summed E-state index contributed by atoms with van der Waals surface area (Å²) in [7, 11) is 2.84. The van der Waals surface area contributed by atoms with Crippen molar-refractivity contribution in [2.24, 2.45) is 0 Å². The number of rotatable bonds is 8. The first-order valence-electron chi connectivity index (χ1n) is 9.12. The van der Waals surface area contributed by atoms with Gasteiger partial charge in [0.25, 0.3) is 5.91 Å². The SMILES string of the molecule is COc1cccc([C@H](CC(=O)O)NC(=O)c2cc(O)n(-c3cccc(F)c3)n2)c1OC. The Morgan fingerprint density at radius 1 is 1.16 bits per heavy atom. The Labute approximate surface area is 176 Å². The van der Waals surface area contributed by atoms with Crippen LogP contribution < -0.4 is 14.8 Å². The number of halogens is 1. The molecule has 0 bridgehead atoms. The lowest BCUT2D eigenvalue weighted by Gasteiger charge is -2.20. The molecule has 1 heterocycles. The molecule has 3 aromatic rings. The van der Waals surface area contributed by atoms with Crippen LogP contribution >= 0.6 is 0 Å². The molecule has 162 valence electrons. The van der Waals surface area contributed by atoms with Crippen LogP contribution in [0.4, 0.5) is 4.39 Å². The van der Waals surface area contributed by atoms with Crippen molar-refractivity contribution in [3.8, 4) is 23.1 Å². The van der Waals surface area contributed by atoms with Crippen molar-refractivity contribution in [3.63, 3.8) is 0 Å². The van der Waals surface area contributed by atoms with Crippen molar-refractivity contribution >= 4 is 11.9 Å². The summed E-state index contributed by atoms with van der Waals surface area (Å²) < 4.78 is 25.1. The number of nitrogens with one attached hydrogen (secondary N) is 1. The van der Waals surface area contributed by atoms with Crippen LogP contribution in [0.2, 0.25) is 0 Å². The number of nitrogens with zero attached hydrogens (tertiary/aromatic N) is 2. The predicted octanol–water partition coefficient (Wildman–Crippen LogP) is 2.68. The molecule has 0 unspecified atom stereocenters. The zero-order valence-electron chi connectivity index (χ0n) is 16.7. The Morgan fingerprint density at radius 2 is 1.90 bits per heavy atom. The maximum Gasteiger partial charge on any atom is 0.305 e. The van der Waals surface area contributed by atoms with E-state index in [0.717, 1.165) is 16.8 Å². The summed E-state index contributed by atoms with van der Waals surface area (Å²) in [5.74, 6) is -2.15. The number of carbonyl (C=O) groups excluding carboxylic acids is 1. The summed E-state index contributed by atoms with van der Waals surface area (Å²) in [6.07, 6.45) is -0.439. The number of aromatic hydroxyl groups is 1. The van der Waals surface area contributed by atoms with Crippen LogP contribution in [0, 0.1) is 5.82 Å². The molecule has 0 fully saturated rings. The molecule has 0 spiro atoms. The first-order chi connectivity index (χ1) is 14.8. The van der Waals surface area contributed by atoms with Gasteiger partial charge in [-0.2, -0.15) is 5.10 Å². The second-order valence-electron chi connectivity index (χ2n) is 6.49. The number of aliphatic carboxylic acids is 1. The highest BCUT2D eigenvalue weighted by atomic mass is 19.1. The smallest absolute Gasteiger partial charge is 0.305 e. The van der Waals surface area contributed by atoms with Gasteiger partial charge in [-0.1, -0.05) is 18.2 Å². The maximum absolute atomic E-state index is 13.5.